The third kappa shape index (κ3) is 4.67. The number of amides is 1. The van der Waals surface area contributed by atoms with Crippen LogP contribution in [0.15, 0.2) is 53.7 Å². The van der Waals surface area contributed by atoms with Gasteiger partial charge in [0, 0.05) is 29.2 Å². The molecule has 1 amide bonds. The number of carbonyl (C=O) groups excluding carboxylic acids is 1. The van der Waals surface area contributed by atoms with Gasteiger partial charge in [-0.1, -0.05) is 23.7 Å². The number of rotatable bonds is 6. The third-order valence-electron chi connectivity index (χ3n) is 5.34. The van der Waals surface area contributed by atoms with Gasteiger partial charge in [0.25, 0.3) is 0 Å². The summed E-state index contributed by atoms with van der Waals surface area (Å²) in [7, 11) is -4.12. The number of H-pyrrole nitrogens is 1. The van der Waals surface area contributed by atoms with Crippen molar-refractivity contribution in [3.63, 3.8) is 0 Å². The summed E-state index contributed by atoms with van der Waals surface area (Å²) in [6.07, 6.45) is 3.07. The molecule has 1 aromatic heterocycles. The molecular formula is C21H21ClFN5O3S. The molecule has 1 fully saturated rings. The van der Waals surface area contributed by atoms with Gasteiger partial charge in [-0.3, -0.25) is 9.89 Å². The maximum atomic E-state index is 15.0. The quantitative estimate of drug-likeness (QED) is 0.567. The summed E-state index contributed by atoms with van der Waals surface area (Å²) in [5, 5.41) is 9.55. The zero-order chi connectivity index (χ0) is 22.7. The number of aromatic nitrogens is 3. The Hall–Kier alpha value is -2.82. The number of halogens is 2. The predicted octanol–water partition coefficient (Wildman–Crippen LogP) is 3.12. The Morgan fingerprint density at radius 1 is 1.16 bits per heavy atom. The lowest BCUT2D eigenvalue weighted by Crippen LogP contribution is -2.48. The summed E-state index contributed by atoms with van der Waals surface area (Å²) in [6.45, 7) is 0.177. The van der Waals surface area contributed by atoms with Crippen LogP contribution in [0.5, 0.6) is 0 Å². The molecule has 32 heavy (non-hydrogen) atoms. The number of nitrogens with one attached hydrogen (secondary N) is 2. The Labute approximate surface area is 189 Å². The molecule has 0 spiro atoms. The van der Waals surface area contributed by atoms with Gasteiger partial charge in [0.2, 0.25) is 15.9 Å². The fourth-order valence-electron chi connectivity index (χ4n) is 3.64. The zero-order valence-electron chi connectivity index (χ0n) is 17.0. The fraction of sp³-hybridized carbons (Fsp3) is 0.286. The molecule has 0 unspecified atom stereocenters. The minimum Gasteiger partial charge on any atom is -0.355 e. The molecule has 0 aliphatic carbocycles. The van der Waals surface area contributed by atoms with E-state index in [1.807, 2.05) is 0 Å². The molecule has 2 aromatic carbocycles. The minimum absolute atomic E-state index is 0.0161. The highest BCUT2D eigenvalue weighted by atomic mass is 35.5. The van der Waals surface area contributed by atoms with E-state index in [1.54, 1.807) is 6.07 Å². The van der Waals surface area contributed by atoms with Crippen molar-refractivity contribution in [2.45, 2.75) is 36.7 Å². The van der Waals surface area contributed by atoms with Gasteiger partial charge in [0.1, 0.15) is 18.2 Å². The van der Waals surface area contributed by atoms with Gasteiger partial charge in [0.05, 0.1) is 4.90 Å². The molecular weight excluding hydrogens is 457 g/mol. The van der Waals surface area contributed by atoms with Crippen molar-refractivity contribution in [1.82, 2.24) is 24.8 Å². The molecule has 1 saturated heterocycles. The molecule has 0 bridgehead atoms. The van der Waals surface area contributed by atoms with Crippen LogP contribution < -0.4 is 5.32 Å². The molecule has 1 atom stereocenters. The highest BCUT2D eigenvalue weighted by molar-refractivity contribution is 7.89. The molecule has 4 rings (SSSR count). The number of nitrogens with zero attached hydrogens (tertiary/aromatic N) is 3. The van der Waals surface area contributed by atoms with E-state index >= 15 is 0 Å². The van der Waals surface area contributed by atoms with E-state index in [0.29, 0.717) is 35.8 Å². The van der Waals surface area contributed by atoms with E-state index in [1.165, 1.54) is 42.7 Å². The predicted molar refractivity (Wildman–Crippen MR) is 117 cm³/mol. The first-order chi connectivity index (χ1) is 15.4. The van der Waals surface area contributed by atoms with Crippen LogP contribution in [-0.4, -0.2) is 46.4 Å². The van der Waals surface area contributed by atoms with Gasteiger partial charge in [-0.05, 0) is 49.6 Å². The second kappa shape index (κ2) is 9.35. The number of sulfonamides is 1. The molecule has 1 aliphatic rings. The van der Waals surface area contributed by atoms with Gasteiger partial charge in [-0.15, -0.1) is 0 Å². The fourth-order valence-corrected chi connectivity index (χ4v) is 5.36. The van der Waals surface area contributed by atoms with Crippen LogP contribution in [0.2, 0.25) is 5.02 Å². The summed E-state index contributed by atoms with van der Waals surface area (Å²) in [6, 6.07) is 9.11. The summed E-state index contributed by atoms with van der Waals surface area (Å²) < 4.78 is 43.1. The van der Waals surface area contributed by atoms with Crippen LogP contribution >= 0.6 is 11.6 Å². The van der Waals surface area contributed by atoms with E-state index in [0.717, 1.165) is 10.7 Å². The van der Waals surface area contributed by atoms with Crippen molar-refractivity contribution >= 4 is 27.5 Å². The Morgan fingerprint density at radius 3 is 2.62 bits per heavy atom. The Balaban J connectivity index is 1.72. The van der Waals surface area contributed by atoms with Crippen LogP contribution in [-0.2, 0) is 21.4 Å². The lowest BCUT2D eigenvalue weighted by atomic mass is 10.1. The first-order valence-electron chi connectivity index (χ1n) is 10.1. The van der Waals surface area contributed by atoms with Crippen molar-refractivity contribution < 1.29 is 17.6 Å². The number of hydrogen-bond donors (Lipinski definition) is 2. The standard InChI is InChI=1S/C21H21ClFN5O3S/c22-16-6-8-17(9-7-16)32(30,31)28(19-3-1-2-10-24-21(19)29)12-15-5-4-14(11-18(15)23)20-25-13-26-27-20/h4-9,11,13,19H,1-3,10,12H2,(H,24,29)(H,25,26,27)/t19-/m1/s1. The van der Waals surface area contributed by atoms with Crippen LogP contribution in [0.1, 0.15) is 24.8 Å². The third-order valence-corrected chi connectivity index (χ3v) is 7.46. The van der Waals surface area contributed by atoms with E-state index in [4.69, 9.17) is 11.6 Å². The smallest absolute Gasteiger partial charge is 0.244 e. The van der Waals surface area contributed by atoms with Gasteiger partial charge < -0.3 is 5.32 Å². The highest BCUT2D eigenvalue weighted by Crippen LogP contribution is 2.27. The van der Waals surface area contributed by atoms with Crippen molar-refractivity contribution in [3.05, 3.63) is 65.2 Å². The topological polar surface area (TPSA) is 108 Å². The zero-order valence-corrected chi connectivity index (χ0v) is 18.5. The lowest BCUT2D eigenvalue weighted by molar-refractivity contribution is -0.124. The normalized spacial score (nSPS) is 17.2. The monoisotopic (exact) mass is 477 g/mol. The molecule has 3 aromatic rings. The van der Waals surface area contributed by atoms with Gasteiger partial charge in [-0.25, -0.2) is 17.8 Å². The number of carbonyl (C=O) groups is 1. The van der Waals surface area contributed by atoms with Crippen molar-refractivity contribution in [2.24, 2.45) is 0 Å². The number of hydrogen-bond acceptors (Lipinski definition) is 5. The first-order valence-corrected chi connectivity index (χ1v) is 11.9. The lowest BCUT2D eigenvalue weighted by Gasteiger charge is -2.29. The summed E-state index contributed by atoms with van der Waals surface area (Å²) >= 11 is 5.91. The Kier molecular flexibility index (Phi) is 6.54. The summed E-state index contributed by atoms with van der Waals surface area (Å²) in [5.74, 6) is -0.604. The maximum absolute atomic E-state index is 15.0. The molecule has 11 heteroatoms. The van der Waals surface area contributed by atoms with Crippen LogP contribution in [0.25, 0.3) is 11.4 Å². The van der Waals surface area contributed by atoms with Gasteiger partial charge >= 0.3 is 0 Å². The van der Waals surface area contributed by atoms with Crippen LogP contribution in [0, 0.1) is 5.82 Å². The van der Waals surface area contributed by atoms with Crippen LogP contribution in [0.3, 0.4) is 0 Å². The Bertz CT molecular complexity index is 1200. The molecule has 0 radical (unpaired) electrons. The van der Waals surface area contributed by atoms with E-state index in [9.17, 15) is 17.6 Å². The molecule has 168 valence electrons. The van der Waals surface area contributed by atoms with E-state index in [2.05, 4.69) is 20.5 Å². The summed E-state index contributed by atoms with van der Waals surface area (Å²) in [5.41, 5.74) is 0.617. The minimum atomic E-state index is -4.12. The maximum Gasteiger partial charge on any atom is 0.244 e. The van der Waals surface area contributed by atoms with Crippen molar-refractivity contribution in [3.8, 4) is 11.4 Å². The molecule has 1 aliphatic heterocycles. The number of benzene rings is 2. The molecule has 8 nitrogen and oxygen atoms in total. The SMILES string of the molecule is O=C1NCCCC[C@H]1N(Cc1ccc(-c2ncn[nH]2)cc1F)S(=O)(=O)c1ccc(Cl)cc1. The van der Waals surface area contributed by atoms with Gasteiger partial charge in [0.15, 0.2) is 5.82 Å². The average molecular weight is 478 g/mol. The van der Waals surface area contributed by atoms with Gasteiger partial charge in [-0.2, -0.15) is 9.40 Å². The second-order valence-corrected chi connectivity index (χ2v) is 9.77. The first kappa shape index (κ1) is 22.4. The average Bonchev–Trinajstić information content (AvgIpc) is 3.23. The van der Waals surface area contributed by atoms with Crippen molar-refractivity contribution in [1.29, 1.82) is 0 Å². The van der Waals surface area contributed by atoms with E-state index in [-0.39, 0.29) is 17.0 Å². The van der Waals surface area contributed by atoms with Crippen LogP contribution in [0.4, 0.5) is 4.39 Å². The largest absolute Gasteiger partial charge is 0.355 e. The molecule has 0 saturated carbocycles. The highest BCUT2D eigenvalue weighted by Gasteiger charge is 2.37. The second-order valence-electron chi connectivity index (χ2n) is 7.45. The van der Waals surface area contributed by atoms with Crippen molar-refractivity contribution in [2.75, 3.05) is 6.54 Å². The summed E-state index contributed by atoms with van der Waals surface area (Å²) in [4.78, 5) is 16.7. The Morgan fingerprint density at radius 2 is 1.94 bits per heavy atom. The molecule has 2 N–H and O–H groups in total. The van der Waals surface area contributed by atoms with E-state index < -0.39 is 27.8 Å². The number of aromatic amines is 1. The molecule has 2 heterocycles.